The van der Waals surface area contributed by atoms with Gasteiger partial charge in [0.2, 0.25) is 0 Å². The van der Waals surface area contributed by atoms with E-state index in [1.807, 2.05) is 24.3 Å². The van der Waals surface area contributed by atoms with Gasteiger partial charge in [0.05, 0.1) is 11.6 Å². The first-order valence-electron chi connectivity index (χ1n) is 5.77. The fourth-order valence-corrected chi connectivity index (χ4v) is 1.95. The number of nitrogens with one attached hydrogen (secondary N) is 1. The van der Waals surface area contributed by atoms with Crippen LogP contribution in [0.4, 0.5) is 0 Å². The second-order valence-electron chi connectivity index (χ2n) is 4.18. The van der Waals surface area contributed by atoms with E-state index in [1.54, 1.807) is 0 Å². The Labute approximate surface area is 96.6 Å². The summed E-state index contributed by atoms with van der Waals surface area (Å²) in [7, 11) is 0. The van der Waals surface area contributed by atoms with Crippen molar-refractivity contribution in [3.8, 4) is 6.07 Å². The highest BCUT2D eigenvalue weighted by molar-refractivity contribution is 5.51. The molecule has 0 amide bonds. The molecule has 0 aromatic heterocycles. The van der Waals surface area contributed by atoms with Crippen LogP contribution in [0.5, 0.6) is 0 Å². The van der Waals surface area contributed by atoms with Crippen LogP contribution in [0.1, 0.15) is 24.0 Å². The van der Waals surface area contributed by atoms with Gasteiger partial charge in [0, 0.05) is 0 Å². The summed E-state index contributed by atoms with van der Waals surface area (Å²) in [6.45, 7) is 2.25. The number of benzene rings is 1. The van der Waals surface area contributed by atoms with Gasteiger partial charge in [-0.05, 0) is 49.5 Å². The summed E-state index contributed by atoms with van der Waals surface area (Å²) < 4.78 is 0. The van der Waals surface area contributed by atoms with E-state index in [1.165, 1.54) is 18.4 Å². The van der Waals surface area contributed by atoms with Gasteiger partial charge in [0.15, 0.2) is 0 Å². The summed E-state index contributed by atoms with van der Waals surface area (Å²) in [6.07, 6.45) is 6.92. The Kier molecular flexibility index (Phi) is 3.74. The van der Waals surface area contributed by atoms with Gasteiger partial charge in [-0.3, -0.25) is 0 Å². The van der Waals surface area contributed by atoms with Gasteiger partial charge in [0.1, 0.15) is 0 Å². The van der Waals surface area contributed by atoms with Crippen molar-refractivity contribution in [3.63, 3.8) is 0 Å². The first kappa shape index (κ1) is 10.9. The van der Waals surface area contributed by atoms with Crippen LogP contribution in [-0.4, -0.2) is 13.1 Å². The maximum Gasteiger partial charge on any atom is 0.0991 e. The Morgan fingerprint density at radius 3 is 2.50 bits per heavy atom. The molecule has 1 aliphatic heterocycles. The fourth-order valence-electron chi connectivity index (χ4n) is 1.95. The number of nitriles is 1. The summed E-state index contributed by atoms with van der Waals surface area (Å²) in [5.41, 5.74) is 1.90. The molecule has 1 saturated heterocycles. The first-order valence-corrected chi connectivity index (χ1v) is 5.77. The van der Waals surface area contributed by atoms with E-state index in [0.717, 1.165) is 18.7 Å². The molecule has 1 aromatic rings. The van der Waals surface area contributed by atoms with Crippen LogP contribution in [0.2, 0.25) is 0 Å². The van der Waals surface area contributed by atoms with Crippen molar-refractivity contribution < 1.29 is 0 Å². The van der Waals surface area contributed by atoms with Gasteiger partial charge >= 0.3 is 0 Å². The highest BCUT2D eigenvalue weighted by Gasteiger charge is 2.08. The lowest BCUT2D eigenvalue weighted by molar-refractivity contribution is 0.438. The van der Waals surface area contributed by atoms with Gasteiger partial charge in [-0.2, -0.15) is 5.26 Å². The van der Waals surface area contributed by atoms with E-state index in [-0.39, 0.29) is 0 Å². The number of nitrogens with zero attached hydrogens (tertiary/aromatic N) is 1. The largest absolute Gasteiger partial charge is 0.317 e. The van der Waals surface area contributed by atoms with Crippen LogP contribution in [0.25, 0.3) is 6.08 Å². The molecule has 2 heteroatoms. The molecule has 0 saturated carbocycles. The summed E-state index contributed by atoms with van der Waals surface area (Å²) in [6, 6.07) is 9.85. The standard InChI is InChI=1S/C14H16N2/c15-11-14-5-3-12(4-6-14)1-2-13-7-9-16-10-8-13/h1-6,13,16H,7-10H2. The highest BCUT2D eigenvalue weighted by Crippen LogP contribution is 2.15. The summed E-state index contributed by atoms with van der Waals surface area (Å²) in [5.74, 6) is 0.705. The molecule has 16 heavy (non-hydrogen) atoms. The zero-order valence-corrected chi connectivity index (χ0v) is 9.32. The van der Waals surface area contributed by atoms with Crippen molar-refractivity contribution >= 4 is 6.08 Å². The lowest BCUT2D eigenvalue weighted by atomic mass is 9.97. The second kappa shape index (κ2) is 5.48. The van der Waals surface area contributed by atoms with Crippen LogP contribution in [0.15, 0.2) is 30.3 Å². The maximum atomic E-state index is 8.69. The molecular formula is C14H16N2. The van der Waals surface area contributed by atoms with E-state index in [9.17, 15) is 0 Å². The average Bonchev–Trinajstić information content (AvgIpc) is 2.38. The van der Waals surface area contributed by atoms with Crippen molar-refractivity contribution in [3.05, 3.63) is 41.5 Å². The topological polar surface area (TPSA) is 35.8 Å². The predicted molar refractivity (Wildman–Crippen MR) is 65.8 cm³/mol. The Morgan fingerprint density at radius 2 is 1.88 bits per heavy atom. The van der Waals surface area contributed by atoms with Crippen LogP contribution >= 0.6 is 0 Å². The predicted octanol–water partition coefficient (Wildman–Crippen LogP) is 2.57. The lowest BCUT2D eigenvalue weighted by Crippen LogP contribution is -2.26. The zero-order valence-electron chi connectivity index (χ0n) is 9.32. The molecule has 1 aliphatic rings. The van der Waals surface area contributed by atoms with Gasteiger partial charge in [-0.25, -0.2) is 0 Å². The molecule has 0 unspecified atom stereocenters. The van der Waals surface area contributed by atoms with Crippen LogP contribution in [0.3, 0.4) is 0 Å². The third-order valence-electron chi connectivity index (χ3n) is 2.98. The molecule has 0 aliphatic carbocycles. The van der Waals surface area contributed by atoms with Gasteiger partial charge in [0.25, 0.3) is 0 Å². The summed E-state index contributed by atoms with van der Waals surface area (Å²) >= 11 is 0. The molecule has 0 spiro atoms. The van der Waals surface area contributed by atoms with Crippen molar-refractivity contribution in [1.82, 2.24) is 5.32 Å². The second-order valence-corrected chi connectivity index (χ2v) is 4.18. The van der Waals surface area contributed by atoms with E-state index >= 15 is 0 Å². The molecule has 1 aromatic carbocycles. The summed E-state index contributed by atoms with van der Waals surface area (Å²) in [4.78, 5) is 0. The minimum atomic E-state index is 0.705. The van der Waals surface area contributed by atoms with Crippen LogP contribution in [-0.2, 0) is 0 Å². The zero-order chi connectivity index (χ0) is 11.2. The minimum absolute atomic E-state index is 0.705. The van der Waals surface area contributed by atoms with Crippen LogP contribution in [0, 0.1) is 17.2 Å². The molecule has 1 heterocycles. The number of hydrogen-bond donors (Lipinski definition) is 1. The molecule has 0 atom stereocenters. The molecular weight excluding hydrogens is 196 g/mol. The molecule has 2 nitrogen and oxygen atoms in total. The third-order valence-corrected chi connectivity index (χ3v) is 2.98. The van der Waals surface area contributed by atoms with E-state index in [2.05, 4.69) is 23.5 Å². The Balaban J connectivity index is 1.97. The Morgan fingerprint density at radius 1 is 1.19 bits per heavy atom. The molecule has 1 N–H and O–H groups in total. The fraction of sp³-hybridized carbons (Fsp3) is 0.357. The number of allylic oxidation sites excluding steroid dienone is 1. The van der Waals surface area contributed by atoms with Crippen molar-refractivity contribution in [2.75, 3.05) is 13.1 Å². The van der Waals surface area contributed by atoms with Gasteiger partial charge in [-0.1, -0.05) is 24.3 Å². The number of hydrogen-bond acceptors (Lipinski definition) is 2. The Hall–Kier alpha value is -1.59. The number of piperidine rings is 1. The molecule has 1 fully saturated rings. The third kappa shape index (κ3) is 2.95. The maximum absolute atomic E-state index is 8.69. The van der Waals surface area contributed by atoms with E-state index in [4.69, 9.17) is 5.26 Å². The quantitative estimate of drug-likeness (QED) is 0.817. The van der Waals surface area contributed by atoms with Crippen molar-refractivity contribution in [1.29, 1.82) is 5.26 Å². The van der Waals surface area contributed by atoms with Crippen molar-refractivity contribution in [2.24, 2.45) is 5.92 Å². The van der Waals surface area contributed by atoms with Gasteiger partial charge < -0.3 is 5.32 Å². The minimum Gasteiger partial charge on any atom is -0.317 e. The first-order chi connectivity index (χ1) is 7.88. The smallest absolute Gasteiger partial charge is 0.0991 e. The van der Waals surface area contributed by atoms with Crippen LogP contribution < -0.4 is 5.32 Å². The molecule has 0 radical (unpaired) electrons. The lowest BCUT2D eigenvalue weighted by Gasteiger charge is -2.19. The van der Waals surface area contributed by atoms with Crippen molar-refractivity contribution in [2.45, 2.75) is 12.8 Å². The molecule has 0 bridgehead atoms. The average molecular weight is 212 g/mol. The highest BCUT2D eigenvalue weighted by atomic mass is 14.9. The number of rotatable bonds is 2. The normalized spacial score (nSPS) is 17.4. The Bertz CT molecular complexity index is 392. The van der Waals surface area contributed by atoms with Gasteiger partial charge in [-0.15, -0.1) is 0 Å². The van der Waals surface area contributed by atoms with E-state index < -0.39 is 0 Å². The monoisotopic (exact) mass is 212 g/mol. The SMILES string of the molecule is N#Cc1ccc(C=CC2CCNCC2)cc1. The van der Waals surface area contributed by atoms with E-state index in [0.29, 0.717) is 5.92 Å². The molecule has 82 valence electrons. The summed E-state index contributed by atoms with van der Waals surface area (Å²) in [5, 5.41) is 12.0. The molecule has 2 rings (SSSR count).